The minimum atomic E-state index is -1.11. The van der Waals surface area contributed by atoms with Crippen LogP contribution in [0.25, 0.3) is 0 Å². The molecule has 3 amide bonds. The van der Waals surface area contributed by atoms with Crippen LogP contribution in [0.2, 0.25) is 0 Å². The predicted molar refractivity (Wildman–Crippen MR) is 158 cm³/mol. The number of halogens is 1. The third kappa shape index (κ3) is 7.14. The third-order valence-electron chi connectivity index (χ3n) is 7.81. The number of rotatable bonds is 10. The normalized spacial score (nSPS) is 17.9. The molecule has 1 aliphatic carbocycles. The summed E-state index contributed by atoms with van der Waals surface area (Å²) in [6, 6.07) is 13.7. The van der Waals surface area contributed by atoms with E-state index in [9.17, 15) is 18.8 Å². The Morgan fingerprint density at radius 1 is 1.02 bits per heavy atom. The number of hydrogen-bond donors (Lipinski definition) is 3. The van der Waals surface area contributed by atoms with E-state index in [1.165, 1.54) is 29.2 Å². The molecule has 1 saturated heterocycles. The highest BCUT2D eigenvalue weighted by Gasteiger charge is 2.36. The second kappa shape index (κ2) is 13.9. The fourth-order valence-electron chi connectivity index (χ4n) is 5.54. The molecule has 1 aliphatic heterocycles. The second-order valence-electron chi connectivity index (χ2n) is 10.8. The van der Waals surface area contributed by atoms with Crippen molar-refractivity contribution >= 4 is 34.9 Å². The number of nitrogen functional groups attached to an aromatic ring is 1. The highest BCUT2D eigenvalue weighted by molar-refractivity contribution is 7.09. The quantitative estimate of drug-likeness (QED) is 0.315. The Labute approximate surface area is 248 Å². The molecule has 9 nitrogen and oxygen atoms in total. The lowest BCUT2D eigenvalue weighted by Crippen LogP contribution is -2.45. The van der Waals surface area contributed by atoms with Gasteiger partial charge in [-0.15, -0.1) is 0 Å². The molecule has 3 aromatic rings. The van der Waals surface area contributed by atoms with E-state index < -0.39 is 29.6 Å². The number of anilines is 1. The van der Waals surface area contributed by atoms with Gasteiger partial charge in [0.15, 0.2) is 5.69 Å². The summed E-state index contributed by atoms with van der Waals surface area (Å²) in [5, 5.41) is 5.94. The van der Waals surface area contributed by atoms with Crippen molar-refractivity contribution < 1.29 is 23.5 Å². The molecule has 2 fully saturated rings. The van der Waals surface area contributed by atoms with Crippen molar-refractivity contribution in [2.45, 2.75) is 69.7 Å². The summed E-state index contributed by atoms with van der Waals surface area (Å²) in [7, 11) is 0. The first-order chi connectivity index (χ1) is 20.4. The zero-order valence-corrected chi connectivity index (χ0v) is 24.2. The number of carbonyl (C=O) groups is 3. The van der Waals surface area contributed by atoms with Crippen molar-refractivity contribution in [3.8, 4) is 0 Å². The standard InChI is InChI=1S/C31H36FN5O4S/c32-22-15-13-21(14-16-22)27(30(39)34-18-24-12-7-17-41-24)37(19-20-8-3-1-4-9-20)31(40)28-25(33)26(36-42-28)29(38)35-23-10-5-2-6-11-23/h1,3-4,8-9,13-16,23-24,27H,2,5-7,10-12,17-19,33H2,(H,34,39)(H,35,38)/t24-,27-/m0/s1. The number of carbonyl (C=O) groups excluding carboxylic acids is 3. The van der Waals surface area contributed by atoms with Crippen LogP contribution in [0.4, 0.5) is 10.1 Å². The topological polar surface area (TPSA) is 127 Å². The fourth-order valence-corrected chi connectivity index (χ4v) is 6.30. The van der Waals surface area contributed by atoms with E-state index in [1.54, 1.807) is 0 Å². The number of aromatic nitrogens is 1. The lowest BCUT2D eigenvalue weighted by molar-refractivity contribution is -0.126. The number of nitrogens with zero attached hydrogens (tertiary/aromatic N) is 2. The van der Waals surface area contributed by atoms with Crippen LogP contribution in [0, 0.1) is 5.82 Å². The second-order valence-corrected chi connectivity index (χ2v) is 11.6. The van der Waals surface area contributed by atoms with Gasteiger partial charge in [-0.05, 0) is 60.5 Å². The first-order valence-electron chi connectivity index (χ1n) is 14.5. The van der Waals surface area contributed by atoms with E-state index in [-0.39, 0.29) is 41.5 Å². The number of benzene rings is 2. The van der Waals surface area contributed by atoms with Gasteiger partial charge in [0.05, 0.1) is 11.8 Å². The van der Waals surface area contributed by atoms with Gasteiger partial charge in [0, 0.05) is 25.7 Å². The summed E-state index contributed by atoms with van der Waals surface area (Å²) in [5.41, 5.74) is 7.60. The van der Waals surface area contributed by atoms with Crippen LogP contribution in [0.3, 0.4) is 0 Å². The van der Waals surface area contributed by atoms with Gasteiger partial charge in [-0.1, -0.05) is 61.7 Å². The minimum absolute atomic E-state index is 0.00903. The number of ether oxygens (including phenoxy) is 1. The van der Waals surface area contributed by atoms with Gasteiger partial charge in [-0.25, -0.2) is 4.39 Å². The highest BCUT2D eigenvalue weighted by atomic mass is 32.1. The molecule has 0 bridgehead atoms. The molecular weight excluding hydrogens is 557 g/mol. The smallest absolute Gasteiger partial charge is 0.273 e. The summed E-state index contributed by atoms with van der Waals surface area (Å²) in [5.74, 6) is -1.85. The van der Waals surface area contributed by atoms with Gasteiger partial charge in [0.25, 0.3) is 11.8 Å². The first-order valence-corrected chi connectivity index (χ1v) is 15.2. The Kier molecular flexibility index (Phi) is 9.81. The van der Waals surface area contributed by atoms with Gasteiger partial charge in [-0.2, -0.15) is 4.37 Å². The van der Waals surface area contributed by atoms with Crippen molar-refractivity contribution in [3.63, 3.8) is 0 Å². The van der Waals surface area contributed by atoms with E-state index in [0.29, 0.717) is 12.2 Å². The van der Waals surface area contributed by atoms with Gasteiger partial charge in [0.1, 0.15) is 16.7 Å². The summed E-state index contributed by atoms with van der Waals surface area (Å²) >= 11 is 0.835. The van der Waals surface area contributed by atoms with Gasteiger partial charge in [-0.3, -0.25) is 14.4 Å². The number of nitrogens with one attached hydrogen (secondary N) is 2. The minimum Gasteiger partial charge on any atom is -0.395 e. The predicted octanol–water partition coefficient (Wildman–Crippen LogP) is 4.61. The average molecular weight is 594 g/mol. The average Bonchev–Trinajstić information content (AvgIpc) is 3.67. The molecule has 4 N–H and O–H groups in total. The Bertz CT molecular complexity index is 1370. The van der Waals surface area contributed by atoms with Gasteiger partial charge in [0.2, 0.25) is 5.91 Å². The van der Waals surface area contributed by atoms with Gasteiger partial charge < -0.3 is 26.0 Å². The third-order valence-corrected chi connectivity index (χ3v) is 8.66. The van der Waals surface area contributed by atoms with E-state index in [0.717, 1.165) is 62.0 Å². The van der Waals surface area contributed by atoms with Crippen molar-refractivity contribution in [3.05, 3.63) is 82.1 Å². The summed E-state index contributed by atoms with van der Waals surface area (Å²) in [4.78, 5) is 42.6. The van der Waals surface area contributed by atoms with Crippen molar-refractivity contribution in [2.24, 2.45) is 0 Å². The molecule has 2 atom stereocenters. The maximum absolute atomic E-state index is 14.2. The van der Waals surface area contributed by atoms with Crippen LogP contribution in [0.15, 0.2) is 54.6 Å². The molecule has 2 heterocycles. The van der Waals surface area contributed by atoms with Crippen molar-refractivity contribution in [1.82, 2.24) is 19.9 Å². The van der Waals surface area contributed by atoms with E-state index in [2.05, 4.69) is 15.0 Å². The van der Waals surface area contributed by atoms with Crippen LogP contribution in [-0.2, 0) is 16.1 Å². The maximum Gasteiger partial charge on any atom is 0.273 e. The Morgan fingerprint density at radius 3 is 2.45 bits per heavy atom. The zero-order chi connectivity index (χ0) is 29.5. The van der Waals surface area contributed by atoms with E-state index in [1.807, 2.05) is 30.3 Å². The monoisotopic (exact) mass is 593 g/mol. The van der Waals surface area contributed by atoms with Gasteiger partial charge >= 0.3 is 0 Å². The summed E-state index contributed by atoms with van der Waals surface area (Å²) in [6.45, 7) is 0.996. The number of amides is 3. The molecule has 0 radical (unpaired) electrons. The SMILES string of the molecule is Nc1c(C(=O)NC2CCCCC2)nsc1C(=O)N(Cc1ccccc1)[C@H](C(=O)NC[C@@H]1CCCO1)c1ccc(F)cc1. The fraction of sp³-hybridized carbons (Fsp3) is 0.419. The molecule has 0 unspecified atom stereocenters. The molecule has 11 heteroatoms. The molecule has 5 rings (SSSR count). The molecule has 1 saturated carbocycles. The van der Waals surface area contributed by atoms with Crippen molar-refractivity contribution in [1.29, 1.82) is 0 Å². The maximum atomic E-state index is 14.2. The van der Waals surface area contributed by atoms with E-state index >= 15 is 0 Å². The number of nitrogens with two attached hydrogens (primary N) is 1. The van der Waals surface area contributed by atoms with E-state index in [4.69, 9.17) is 10.5 Å². The van der Waals surface area contributed by atoms with Crippen LogP contribution in [0.5, 0.6) is 0 Å². The number of hydrogen-bond acceptors (Lipinski definition) is 7. The highest BCUT2D eigenvalue weighted by Crippen LogP contribution is 2.31. The molecule has 42 heavy (non-hydrogen) atoms. The van der Waals surface area contributed by atoms with Crippen LogP contribution < -0.4 is 16.4 Å². The Morgan fingerprint density at radius 2 is 1.76 bits per heavy atom. The zero-order valence-electron chi connectivity index (χ0n) is 23.4. The largest absolute Gasteiger partial charge is 0.395 e. The molecule has 2 aliphatic rings. The Balaban J connectivity index is 1.46. The molecule has 1 aromatic heterocycles. The molecule has 0 spiro atoms. The van der Waals surface area contributed by atoms with Crippen LogP contribution in [-0.4, -0.2) is 52.3 Å². The molecule has 2 aromatic carbocycles. The summed E-state index contributed by atoms with van der Waals surface area (Å²) in [6.07, 6.45) is 6.68. The Hall–Kier alpha value is -3.83. The summed E-state index contributed by atoms with van der Waals surface area (Å²) < 4.78 is 23.8. The molecular formula is C31H36FN5O4S. The lowest BCUT2D eigenvalue weighted by atomic mass is 9.95. The lowest BCUT2D eigenvalue weighted by Gasteiger charge is -2.31. The van der Waals surface area contributed by atoms with Crippen LogP contribution in [0.1, 0.15) is 82.3 Å². The van der Waals surface area contributed by atoms with Crippen molar-refractivity contribution in [2.75, 3.05) is 18.9 Å². The molecule has 222 valence electrons. The first kappa shape index (κ1) is 29.7. The van der Waals surface area contributed by atoms with Crippen LogP contribution >= 0.6 is 11.5 Å².